The Morgan fingerprint density at radius 2 is 1.86 bits per heavy atom. The molecule has 0 aliphatic rings. The van der Waals surface area contributed by atoms with E-state index in [1.54, 1.807) is 6.07 Å². The Labute approximate surface area is 133 Å². The molecule has 120 valence electrons. The van der Waals surface area contributed by atoms with Crippen molar-refractivity contribution >= 4 is 11.6 Å². The fourth-order valence-corrected chi connectivity index (χ4v) is 3.54. The van der Waals surface area contributed by atoms with E-state index in [0.29, 0.717) is 5.02 Å². The predicted octanol–water partition coefficient (Wildman–Crippen LogP) is 4.12. The van der Waals surface area contributed by atoms with Crippen molar-refractivity contribution in [1.29, 1.82) is 0 Å². The largest absolute Gasteiger partial charge is 0.312 e. The Kier molecular flexibility index (Phi) is 7.11. The lowest BCUT2D eigenvalue weighted by Crippen LogP contribution is -2.59. The summed E-state index contributed by atoms with van der Waals surface area (Å²) in [6, 6.07) is 4.96. The zero-order valence-corrected chi connectivity index (χ0v) is 14.6. The van der Waals surface area contributed by atoms with Gasteiger partial charge < -0.3 is 10.2 Å². The summed E-state index contributed by atoms with van der Waals surface area (Å²) in [5, 5.41) is 4.11. The molecule has 0 amide bonds. The minimum atomic E-state index is -0.284. The number of likely N-dealkylation sites (N-methyl/N-ethyl adjacent to an activating group) is 2. The molecule has 1 atom stereocenters. The third kappa shape index (κ3) is 4.18. The zero-order valence-electron chi connectivity index (χ0n) is 13.8. The highest BCUT2D eigenvalue weighted by Crippen LogP contribution is 2.30. The zero-order chi connectivity index (χ0) is 16.0. The number of benzene rings is 1. The topological polar surface area (TPSA) is 15.3 Å². The Morgan fingerprint density at radius 1 is 1.24 bits per heavy atom. The second-order valence-electron chi connectivity index (χ2n) is 5.76. The molecule has 0 spiro atoms. The Morgan fingerprint density at radius 3 is 2.29 bits per heavy atom. The van der Waals surface area contributed by atoms with Crippen molar-refractivity contribution in [3.63, 3.8) is 0 Å². The molecule has 21 heavy (non-hydrogen) atoms. The first-order valence-electron chi connectivity index (χ1n) is 7.76. The lowest BCUT2D eigenvalue weighted by molar-refractivity contribution is 0.0889. The van der Waals surface area contributed by atoms with Gasteiger partial charge in [0.15, 0.2) is 0 Å². The molecule has 0 aliphatic carbocycles. The van der Waals surface area contributed by atoms with Crippen LogP contribution in [-0.2, 0) is 6.42 Å². The van der Waals surface area contributed by atoms with Crippen LogP contribution in [0.2, 0.25) is 5.02 Å². The second kappa shape index (κ2) is 8.11. The standard InChI is InChI=1S/C17H28ClFN2/c1-6-17(7-2,21(4)5)16(20-8-3)11-13-9-10-14(19)12-15(13)18/h9-10,12,16,20H,6-8,11H2,1-5H3. The van der Waals surface area contributed by atoms with Crippen LogP contribution in [0.25, 0.3) is 0 Å². The molecule has 0 bridgehead atoms. The van der Waals surface area contributed by atoms with Crippen LogP contribution in [0, 0.1) is 5.82 Å². The second-order valence-corrected chi connectivity index (χ2v) is 6.16. The molecule has 0 heterocycles. The van der Waals surface area contributed by atoms with Gasteiger partial charge in [-0.2, -0.15) is 0 Å². The Hall–Kier alpha value is -0.640. The van der Waals surface area contributed by atoms with Gasteiger partial charge in [-0.25, -0.2) is 4.39 Å². The van der Waals surface area contributed by atoms with Gasteiger partial charge in [-0.15, -0.1) is 0 Å². The molecule has 1 N–H and O–H groups in total. The first-order chi connectivity index (χ1) is 9.91. The molecule has 0 fully saturated rings. The summed E-state index contributed by atoms with van der Waals surface area (Å²) in [6.07, 6.45) is 2.90. The molecule has 1 rings (SSSR count). The molecular weight excluding hydrogens is 287 g/mol. The van der Waals surface area contributed by atoms with Gasteiger partial charge in [0.05, 0.1) is 0 Å². The smallest absolute Gasteiger partial charge is 0.124 e. The molecule has 0 aromatic heterocycles. The fraction of sp³-hybridized carbons (Fsp3) is 0.647. The number of rotatable bonds is 8. The molecule has 4 heteroatoms. The first kappa shape index (κ1) is 18.4. The summed E-state index contributed by atoms with van der Waals surface area (Å²) in [7, 11) is 4.26. The van der Waals surface area contributed by atoms with Crippen molar-refractivity contribution in [2.24, 2.45) is 0 Å². The van der Waals surface area contributed by atoms with Crippen molar-refractivity contribution in [3.8, 4) is 0 Å². The van der Waals surface area contributed by atoms with E-state index in [9.17, 15) is 4.39 Å². The van der Waals surface area contributed by atoms with E-state index < -0.39 is 0 Å². The first-order valence-corrected chi connectivity index (χ1v) is 8.13. The van der Waals surface area contributed by atoms with E-state index in [0.717, 1.165) is 31.4 Å². The third-order valence-corrected chi connectivity index (χ3v) is 5.01. The highest BCUT2D eigenvalue weighted by molar-refractivity contribution is 6.31. The van der Waals surface area contributed by atoms with Crippen molar-refractivity contribution < 1.29 is 4.39 Å². The van der Waals surface area contributed by atoms with E-state index in [1.807, 2.05) is 0 Å². The molecule has 0 aliphatic heterocycles. The van der Waals surface area contributed by atoms with Crippen LogP contribution in [0.15, 0.2) is 18.2 Å². The summed E-state index contributed by atoms with van der Waals surface area (Å²) in [5.41, 5.74) is 1.06. The average Bonchev–Trinajstić information content (AvgIpc) is 2.43. The van der Waals surface area contributed by atoms with E-state index in [-0.39, 0.29) is 17.4 Å². The van der Waals surface area contributed by atoms with E-state index in [4.69, 9.17) is 11.6 Å². The number of hydrogen-bond acceptors (Lipinski definition) is 2. The molecule has 0 saturated carbocycles. The SMILES string of the molecule is CCNC(Cc1ccc(F)cc1Cl)C(CC)(CC)N(C)C. The van der Waals surface area contributed by atoms with E-state index >= 15 is 0 Å². The lowest BCUT2D eigenvalue weighted by Gasteiger charge is -2.45. The molecule has 0 saturated heterocycles. The summed E-state index contributed by atoms with van der Waals surface area (Å²) >= 11 is 6.21. The van der Waals surface area contributed by atoms with E-state index in [2.05, 4.69) is 45.1 Å². The fourth-order valence-electron chi connectivity index (χ4n) is 3.29. The van der Waals surface area contributed by atoms with Crippen molar-refractivity contribution in [3.05, 3.63) is 34.6 Å². The number of nitrogens with zero attached hydrogens (tertiary/aromatic N) is 1. The third-order valence-electron chi connectivity index (χ3n) is 4.65. The van der Waals surface area contributed by atoms with Gasteiger partial charge in [0, 0.05) is 16.6 Å². The van der Waals surface area contributed by atoms with Crippen LogP contribution < -0.4 is 5.32 Å². The molecule has 2 nitrogen and oxygen atoms in total. The Bertz CT molecular complexity index is 444. The summed E-state index contributed by atoms with van der Waals surface area (Å²) in [6.45, 7) is 7.46. The predicted molar refractivity (Wildman–Crippen MR) is 89.6 cm³/mol. The average molecular weight is 315 g/mol. The summed E-state index contributed by atoms with van der Waals surface area (Å²) in [5.74, 6) is -0.284. The maximum atomic E-state index is 13.2. The van der Waals surface area contributed by atoms with Crippen molar-refractivity contribution in [2.45, 2.75) is 51.6 Å². The van der Waals surface area contributed by atoms with Gasteiger partial charge in [-0.3, -0.25) is 0 Å². The van der Waals surface area contributed by atoms with Crippen molar-refractivity contribution in [1.82, 2.24) is 10.2 Å². The summed E-state index contributed by atoms with van der Waals surface area (Å²) in [4.78, 5) is 2.30. The van der Waals surface area contributed by atoms with Gasteiger partial charge in [-0.05, 0) is 57.6 Å². The van der Waals surface area contributed by atoms with Gasteiger partial charge >= 0.3 is 0 Å². The highest BCUT2D eigenvalue weighted by Gasteiger charge is 2.37. The normalized spacial score (nSPS) is 13.7. The van der Waals surface area contributed by atoms with Gasteiger partial charge in [0.25, 0.3) is 0 Å². The lowest BCUT2D eigenvalue weighted by atomic mass is 9.80. The minimum absolute atomic E-state index is 0.0632. The van der Waals surface area contributed by atoms with E-state index in [1.165, 1.54) is 12.1 Å². The van der Waals surface area contributed by atoms with Gasteiger partial charge in [0.2, 0.25) is 0 Å². The number of halogens is 2. The molecule has 1 aromatic rings. The molecule has 1 unspecified atom stereocenters. The minimum Gasteiger partial charge on any atom is -0.312 e. The molecular formula is C17H28ClFN2. The van der Waals surface area contributed by atoms with Crippen LogP contribution in [0.1, 0.15) is 39.2 Å². The monoisotopic (exact) mass is 314 g/mol. The van der Waals surface area contributed by atoms with Crippen LogP contribution in [-0.4, -0.2) is 37.1 Å². The highest BCUT2D eigenvalue weighted by atomic mass is 35.5. The maximum Gasteiger partial charge on any atom is 0.124 e. The Balaban J connectivity index is 3.10. The number of nitrogens with one attached hydrogen (secondary N) is 1. The van der Waals surface area contributed by atoms with Crippen LogP contribution >= 0.6 is 11.6 Å². The van der Waals surface area contributed by atoms with Crippen LogP contribution in [0.4, 0.5) is 4.39 Å². The van der Waals surface area contributed by atoms with Crippen LogP contribution in [0.5, 0.6) is 0 Å². The molecule has 1 aromatic carbocycles. The quantitative estimate of drug-likeness (QED) is 0.776. The van der Waals surface area contributed by atoms with Gasteiger partial charge in [-0.1, -0.05) is 38.4 Å². The summed E-state index contributed by atoms with van der Waals surface area (Å²) < 4.78 is 13.2. The van der Waals surface area contributed by atoms with Crippen LogP contribution in [0.3, 0.4) is 0 Å². The maximum absolute atomic E-state index is 13.2. The molecule has 0 radical (unpaired) electrons. The van der Waals surface area contributed by atoms with Gasteiger partial charge in [0.1, 0.15) is 5.82 Å². The van der Waals surface area contributed by atoms with Crippen molar-refractivity contribution in [2.75, 3.05) is 20.6 Å². The number of hydrogen-bond donors (Lipinski definition) is 1.